The third-order valence-electron chi connectivity index (χ3n) is 5.91. The Kier molecular flexibility index (Phi) is 8.53. The first-order valence-corrected chi connectivity index (χ1v) is 13.1. The number of benzene rings is 2. The van der Waals surface area contributed by atoms with Crippen LogP contribution in [-0.4, -0.2) is 50.9 Å². The molecule has 2 aromatic carbocycles. The minimum atomic E-state index is -3.68. The Bertz CT molecular complexity index is 1150. The average molecular weight is 485 g/mol. The summed E-state index contributed by atoms with van der Waals surface area (Å²) in [7, 11) is -3.68. The lowest BCUT2D eigenvalue weighted by Gasteiger charge is -2.31. The van der Waals surface area contributed by atoms with Crippen LogP contribution in [-0.2, 0) is 14.8 Å². The van der Waals surface area contributed by atoms with E-state index in [1.165, 1.54) is 4.31 Å². The first kappa shape index (κ1) is 25.5. The van der Waals surface area contributed by atoms with Gasteiger partial charge < -0.3 is 15.0 Å². The Labute approximate surface area is 202 Å². The molecule has 0 aliphatic carbocycles. The number of carbonyl (C=O) groups is 1. The van der Waals surface area contributed by atoms with Crippen LogP contribution in [0.1, 0.15) is 45.6 Å². The molecule has 0 radical (unpaired) electrons. The number of sulfonamides is 1. The molecule has 8 nitrogen and oxygen atoms in total. The SMILES string of the molecule is CCN(CC)S(=O)(=O)c1ccc(N2CCCCC2)c(NC(=O)C(C)Oc2cccc(C#N)c2)c1. The lowest BCUT2D eigenvalue weighted by Crippen LogP contribution is -2.34. The number of hydrogen-bond acceptors (Lipinski definition) is 6. The van der Waals surface area contributed by atoms with Crippen LogP contribution in [0, 0.1) is 11.3 Å². The second-order valence-electron chi connectivity index (χ2n) is 8.20. The number of nitrogens with one attached hydrogen (secondary N) is 1. The molecule has 0 saturated carbocycles. The number of nitrogens with zero attached hydrogens (tertiary/aromatic N) is 3. The predicted molar refractivity (Wildman–Crippen MR) is 132 cm³/mol. The van der Waals surface area contributed by atoms with Crippen molar-refractivity contribution >= 4 is 27.3 Å². The van der Waals surface area contributed by atoms with Gasteiger partial charge in [0.1, 0.15) is 5.75 Å². The molecule has 34 heavy (non-hydrogen) atoms. The van der Waals surface area contributed by atoms with Crippen LogP contribution in [0.25, 0.3) is 0 Å². The van der Waals surface area contributed by atoms with Gasteiger partial charge in [-0.15, -0.1) is 0 Å². The summed E-state index contributed by atoms with van der Waals surface area (Å²) in [4.78, 5) is 15.4. The minimum absolute atomic E-state index is 0.141. The van der Waals surface area contributed by atoms with Crippen molar-refractivity contribution < 1.29 is 17.9 Å². The van der Waals surface area contributed by atoms with Crippen molar-refractivity contribution in [3.8, 4) is 11.8 Å². The molecule has 1 atom stereocenters. The average Bonchev–Trinajstić information content (AvgIpc) is 2.85. The normalized spacial score (nSPS) is 15.0. The van der Waals surface area contributed by atoms with Crippen LogP contribution in [0.4, 0.5) is 11.4 Å². The second-order valence-corrected chi connectivity index (χ2v) is 10.1. The monoisotopic (exact) mass is 484 g/mol. The second kappa shape index (κ2) is 11.4. The number of hydrogen-bond donors (Lipinski definition) is 1. The van der Waals surface area contributed by atoms with E-state index in [9.17, 15) is 13.2 Å². The van der Waals surface area contributed by atoms with Crippen LogP contribution in [0.2, 0.25) is 0 Å². The summed E-state index contributed by atoms with van der Waals surface area (Å²) in [5.74, 6) is 0.00817. The Morgan fingerprint density at radius 3 is 2.50 bits per heavy atom. The van der Waals surface area contributed by atoms with Crippen molar-refractivity contribution in [3.05, 3.63) is 48.0 Å². The van der Waals surface area contributed by atoms with E-state index in [0.29, 0.717) is 30.1 Å². The fraction of sp³-hybridized carbons (Fsp3) is 0.440. The molecule has 1 aliphatic heterocycles. The van der Waals surface area contributed by atoms with Gasteiger partial charge in [0, 0.05) is 26.2 Å². The van der Waals surface area contributed by atoms with Crippen molar-refractivity contribution in [2.24, 2.45) is 0 Å². The van der Waals surface area contributed by atoms with Gasteiger partial charge in [-0.05, 0) is 62.6 Å². The van der Waals surface area contributed by atoms with Gasteiger partial charge in [-0.25, -0.2) is 8.42 Å². The molecule has 182 valence electrons. The minimum Gasteiger partial charge on any atom is -0.481 e. The number of amides is 1. The van der Waals surface area contributed by atoms with Gasteiger partial charge in [0.25, 0.3) is 5.91 Å². The highest BCUT2D eigenvalue weighted by Gasteiger charge is 2.25. The summed E-state index contributed by atoms with van der Waals surface area (Å²) < 4.78 is 33.3. The van der Waals surface area contributed by atoms with Crippen LogP contribution >= 0.6 is 0 Å². The van der Waals surface area contributed by atoms with E-state index >= 15 is 0 Å². The molecule has 0 spiro atoms. The first-order chi connectivity index (χ1) is 16.3. The van der Waals surface area contributed by atoms with Crippen molar-refractivity contribution in [3.63, 3.8) is 0 Å². The molecule has 2 aromatic rings. The number of carbonyl (C=O) groups excluding carboxylic acids is 1. The molecular formula is C25H32N4O4S. The highest BCUT2D eigenvalue weighted by molar-refractivity contribution is 7.89. The maximum atomic E-state index is 13.1. The van der Waals surface area contributed by atoms with Gasteiger partial charge in [-0.1, -0.05) is 19.9 Å². The number of nitriles is 1. The lowest BCUT2D eigenvalue weighted by molar-refractivity contribution is -0.122. The summed E-state index contributed by atoms with van der Waals surface area (Å²) >= 11 is 0. The smallest absolute Gasteiger partial charge is 0.265 e. The van der Waals surface area contributed by atoms with E-state index in [2.05, 4.69) is 10.2 Å². The van der Waals surface area contributed by atoms with E-state index < -0.39 is 22.0 Å². The maximum absolute atomic E-state index is 13.1. The Morgan fingerprint density at radius 2 is 1.85 bits per heavy atom. The highest BCUT2D eigenvalue weighted by atomic mass is 32.2. The van der Waals surface area contributed by atoms with Crippen molar-refractivity contribution in [2.45, 2.75) is 51.0 Å². The molecule has 1 heterocycles. The molecule has 1 unspecified atom stereocenters. The summed E-state index contributed by atoms with van der Waals surface area (Å²) in [6.45, 7) is 7.63. The zero-order valence-corrected chi connectivity index (χ0v) is 20.8. The van der Waals surface area contributed by atoms with Crippen LogP contribution in [0.3, 0.4) is 0 Å². The summed E-state index contributed by atoms with van der Waals surface area (Å²) in [5, 5.41) is 12.0. The Balaban J connectivity index is 1.89. The highest BCUT2D eigenvalue weighted by Crippen LogP contribution is 2.32. The fourth-order valence-electron chi connectivity index (χ4n) is 4.03. The van der Waals surface area contributed by atoms with Gasteiger partial charge in [0.2, 0.25) is 10.0 Å². The molecule has 3 rings (SSSR count). The van der Waals surface area contributed by atoms with E-state index in [1.807, 2.05) is 6.07 Å². The van der Waals surface area contributed by atoms with E-state index in [4.69, 9.17) is 10.00 Å². The molecule has 1 N–H and O–H groups in total. The van der Waals surface area contributed by atoms with Crippen LogP contribution in [0.15, 0.2) is 47.4 Å². The largest absolute Gasteiger partial charge is 0.481 e. The lowest BCUT2D eigenvalue weighted by atomic mass is 10.1. The fourth-order valence-corrected chi connectivity index (χ4v) is 5.51. The van der Waals surface area contributed by atoms with Gasteiger partial charge in [-0.3, -0.25) is 4.79 Å². The van der Waals surface area contributed by atoms with E-state index in [1.54, 1.807) is 63.2 Å². The molecule has 0 aromatic heterocycles. The first-order valence-electron chi connectivity index (χ1n) is 11.7. The molecular weight excluding hydrogens is 452 g/mol. The molecule has 1 amide bonds. The van der Waals surface area contributed by atoms with Crippen LogP contribution < -0.4 is 15.0 Å². The summed E-state index contributed by atoms with van der Waals surface area (Å²) in [5.41, 5.74) is 1.68. The molecule has 0 bridgehead atoms. The topological polar surface area (TPSA) is 103 Å². The van der Waals surface area contributed by atoms with Gasteiger partial charge in [-0.2, -0.15) is 9.57 Å². The Hall–Kier alpha value is -3.09. The quantitative estimate of drug-likeness (QED) is 0.577. The number of ether oxygens (including phenoxy) is 1. The van der Waals surface area contributed by atoms with E-state index in [-0.39, 0.29) is 4.90 Å². The molecule has 1 saturated heterocycles. The zero-order valence-electron chi connectivity index (χ0n) is 20.0. The molecule has 1 fully saturated rings. The summed E-state index contributed by atoms with van der Waals surface area (Å²) in [6, 6.07) is 13.6. The number of anilines is 2. The van der Waals surface area contributed by atoms with Gasteiger partial charge >= 0.3 is 0 Å². The number of piperidine rings is 1. The molecule has 1 aliphatic rings. The zero-order chi connectivity index (χ0) is 24.7. The third kappa shape index (κ3) is 5.88. The third-order valence-corrected chi connectivity index (χ3v) is 7.96. The number of rotatable bonds is 9. The van der Waals surface area contributed by atoms with Gasteiger partial charge in [0.15, 0.2) is 6.10 Å². The van der Waals surface area contributed by atoms with Crippen molar-refractivity contribution in [1.82, 2.24) is 4.31 Å². The van der Waals surface area contributed by atoms with Crippen molar-refractivity contribution in [1.29, 1.82) is 5.26 Å². The molecule has 9 heteroatoms. The van der Waals surface area contributed by atoms with Gasteiger partial charge in [0.05, 0.1) is 27.9 Å². The van der Waals surface area contributed by atoms with Crippen LogP contribution in [0.5, 0.6) is 5.75 Å². The summed E-state index contributed by atoms with van der Waals surface area (Å²) in [6.07, 6.45) is 2.38. The van der Waals surface area contributed by atoms with E-state index in [0.717, 1.165) is 38.0 Å². The Morgan fingerprint density at radius 1 is 1.15 bits per heavy atom. The van der Waals surface area contributed by atoms with Crippen molar-refractivity contribution in [2.75, 3.05) is 36.4 Å². The maximum Gasteiger partial charge on any atom is 0.265 e. The standard InChI is InChI=1S/C25H32N4O4S/c1-4-29(5-2)34(31,32)22-12-13-24(28-14-7-6-8-15-28)23(17-22)27-25(30)19(3)33-21-11-9-10-20(16-21)18-26/h9-13,16-17,19H,4-8,14-15H2,1-3H3,(H,27,30). The predicted octanol–water partition coefficient (Wildman–Crippen LogP) is 3.99.